The van der Waals surface area contributed by atoms with E-state index in [1.807, 2.05) is 37.2 Å². The molecule has 6 N–H and O–H groups in total. The lowest BCUT2D eigenvalue weighted by molar-refractivity contribution is 0.225. The number of aromatic amines is 6. The van der Waals surface area contributed by atoms with Crippen LogP contribution in [0.1, 0.15) is 305 Å². The lowest BCUT2D eigenvalue weighted by Crippen LogP contribution is -2.31. The van der Waals surface area contributed by atoms with E-state index in [1.54, 1.807) is 0 Å². The van der Waals surface area contributed by atoms with Crippen LogP contribution in [0.2, 0.25) is 0 Å². The van der Waals surface area contributed by atoms with Crippen LogP contribution in [0, 0.1) is 32.5 Å². The molecule has 12 nitrogen and oxygen atoms in total. The van der Waals surface area contributed by atoms with Gasteiger partial charge in [0.25, 0.3) is 0 Å². The van der Waals surface area contributed by atoms with Crippen LogP contribution in [0.5, 0.6) is 0 Å². The largest absolute Gasteiger partial charge is 0.282 e. The Balaban J connectivity index is 0.0000000890. The highest BCUT2D eigenvalue weighted by atomic mass is 15.2. The molecular weight excluding hydrogens is 961 g/mol. The summed E-state index contributed by atoms with van der Waals surface area (Å²) in [5.41, 5.74) is 22.0. The molecule has 78 heavy (non-hydrogen) atoms. The Bertz CT molecular complexity index is 2740. The minimum Gasteiger partial charge on any atom is -0.282 e. The molecule has 0 saturated heterocycles. The third kappa shape index (κ3) is 6.04. The predicted molar refractivity (Wildman–Crippen MR) is 310 cm³/mol. The van der Waals surface area contributed by atoms with Gasteiger partial charge in [-0.1, -0.05) is 125 Å². The minimum atomic E-state index is 0.351. The summed E-state index contributed by atoms with van der Waals surface area (Å²) in [6, 6.07) is 0. The fourth-order valence-electron chi connectivity index (χ4n) is 21.0. The average Bonchev–Trinajstić information content (AvgIpc) is 4.41. The zero-order valence-corrected chi connectivity index (χ0v) is 51.1. The molecule has 0 aromatic carbocycles. The molecule has 6 fully saturated rings. The molecule has 0 amide bonds. The van der Waals surface area contributed by atoms with Crippen molar-refractivity contribution in [3.8, 4) is 0 Å². The SMILES string of the molecule is CC1(C)[C@@H]2CC[C@@]1(C)c1[nH]ncc12.CC1(C)[C@@H]2CC[C@@]1(C)c1[nH]ncc12.CC1(C)[C@@H]2CC[C@@]1(C)c1[nH]ncc12.CC1(C)[C@@H]2CC[C@@]1(C)c1[nH]ncc12.CC1(C)[C@@H]2CC[C@@]1(C)c1[nH]ncc12.CC1(C)[C@@H]2CC[C@@]1(C)c1[nH]ncc12. The molecule has 12 bridgehead atoms. The first kappa shape index (κ1) is 52.6. The highest BCUT2D eigenvalue weighted by Gasteiger charge is 2.65. The van der Waals surface area contributed by atoms with E-state index in [0.717, 1.165) is 35.5 Å². The molecule has 0 spiro atoms. The Morgan fingerprint density at radius 2 is 0.372 bits per heavy atom. The lowest BCUT2D eigenvalue weighted by atomic mass is 9.70. The summed E-state index contributed by atoms with van der Waals surface area (Å²) in [6.45, 7) is 43.1. The number of H-pyrrole nitrogens is 6. The first-order chi connectivity index (χ1) is 36.4. The normalized spacial score (nSPS) is 39.5. The predicted octanol–water partition coefficient (Wildman–Crippen LogP) is 15.5. The van der Waals surface area contributed by atoms with Crippen molar-refractivity contribution in [3.05, 3.63) is 105 Å². The van der Waals surface area contributed by atoms with Crippen LogP contribution in [0.3, 0.4) is 0 Å². The fraction of sp³-hybridized carbons (Fsp3) is 0.727. The van der Waals surface area contributed by atoms with Crippen LogP contribution < -0.4 is 0 Å². The Morgan fingerprint density at radius 1 is 0.244 bits per heavy atom. The summed E-state index contributed by atoms with van der Waals surface area (Å²) in [4.78, 5) is 0. The number of nitrogens with zero attached hydrogens (tertiary/aromatic N) is 6. The van der Waals surface area contributed by atoms with Crippen molar-refractivity contribution in [2.45, 2.75) is 270 Å². The molecule has 12 heteroatoms. The van der Waals surface area contributed by atoms with Gasteiger partial charge in [-0.3, -0.25) is 30.6 Å². The quantitative estimate of drug-likeness (QED) is 0.0884. The number of hydrogen-bond acceptors (Lipinski definition) is 6. The Kier molecular flexibility index (Phi) is 10.8. The van der Waals surface area contributed by atoms with E-state index in [-0.39, 0.29) is 0 Å². The topological polar surface area (TPSA) is 172 Å². The van der Waals surface area contributed by atoms with E-state index in [1.165, 1.54) is 145 Å². The van der Waals surface area contributed by atoms with Gasteiger partial charge in [-0.05, 0) is 178 Å². The van der Waals surface area contributed by atoms with Crippen molar-refractivity contribution >= 4 is 0 Å². The number of hydrogen-bond donors (Lipinski definition) is 6. The summed E-state index contributed by atoms with van der Waals surface area (Å²) >= 11 is 0. The van der Waals surface area contributed by atoms with Gasteiger partial charge < -0.3 is 0 Å². The number of nitrogens with one attached hydrogen (secondary N) is 6. The third-order valence-electron chi connectivity index (χ3n) is 28.9. The first-order valence-corrected chi connectivity index (χ1v) is 30.7. The molecule has 0 aliphatic heterocycles. The first-order valence-electron chi connectivity index (χ1n) is 30.7. The van der Waals surface area contributed by atoms with Crippen LogP contribution in [0.15, 0.2) is 37.2 Å². The smallest absolute Gasteiger partial charge is 0.0525 e. The van der Waals surface area contributed by atoms with Crippen LogP contribution in [0.4, 0.5) is 0 Å². The molecular formula is C66H96N12. The van der Waals surface area contributed by atoms with Crippen molar-refractivity contribution in [3.63, 3.8) is 0 Å². The van der Waals surface area contributed by atoms with Crippen molar-refractivity contribution < 1.29 is 0 Å². The molecule has 6 heterocycles. The number of aromatic nitrogens is 12. The van der Waals surface area contributed by atoms with Crippen LogP contribution in [-0.4, -0.2) is 61.2 Å². The van der Waals surface area contributed by atoms with Gasteiger partial charge in [0.2, 0.25) is 0 Å². The highest BCUT2D eigenvalue weighted by Crippen LogP contribution is 2.72. The number of rotatable bonds is 0. The zero-order chi connectivity index (χ0) is 55.6. The Labute approximate surface area is 466 Å². The second kappa shape index (κ2) is 16.0. The minimum absolute atomic E-state index is 0.351. The maximum Gasteiger partial charge on any atom is 0.0525 e. The summed E-state index contributed by atoms with van der Waals surface area (Å²) in [5, 5.41) is 44.2. The van der Waals surface area contributed by atoms with Gasteiger partial charge in [-0.15, -0.1) is 0 Å². The molecule has 6 aromatic rings. The standard InChI is InChI=1S/6C11H16N2/c6*1-10(2)8-4-5-11(10,3)9-7(8)6-12-13-9/h6*6,8H,4-5H2,1-3H3,(H,12,13)/t6*8-,11+/m111111/s1. The number of fused-ring (bicyclic) bond motifs is 30. The Hall–Kier alpha value is -4.74. The molecule has 6 saturated carbocycles. The van der Waals surface area contributed by atoms with E-state index in [4.69, 9.17) is 0 Å². The maximum absolute atomic E-state index is 4.17. The molecule has 12 aliphatic carbocycles. The van der Waals surface area contributed by atoms with Gasteiger partial charge in [-0.25, -0.2) is 0 Å². The third-order valence-corrected chi connectivity index (χ3v) is 28.9. The molecule has 420 valence electrons. The average molecular weight is 1060 g/mol. The second-order valence-corrected chi connectivity index (χ2v) is 32.1. The summed E-state index contributed by atoms with van der Waals surface area (Å²) < 4.78 is 0. The molecule has 0 unspecified atom stereocenters. The monoisotopic (exact) mass is 1060 g/mol. The summed E-state index contributed by atoms with van der Waals surface area (Å²) in [7, 11) is 0. The van der Waals surface area contributed by atoms with Gasteiger partial charge in [0.05, 0.1) is 37.2 Å². The van der Waals surface area contributed by atoms with Crippen LogP contribution >= 0.6 is 0 Å². The van der Waals surface area contributed by atoms with Crippen molar-refractivity contribution in [1.29, 1.82) is 0 Å². The molecule has 12 atom stereocenters. The van der Waals surface area contributed by atoms with E-state index < -0.39 is 0 Å². The van der Waals surface area contributed by atoms with E-state index in [2.05, 4.69) is 186 Å². The lowest BCUT2D eigenvalue weighted by Gasteiger charge is -2.34. The van der Waals surface area contributed by atoms with E-state index in [0.29, 0.717) is 65.0 Å². The molecule has 12 aliphatic rings. The van der Waals surface area contributed by atoms with Crippen molar-refractivity contribution in [1.82, 2.24) is 61.2 Å². The van der Waals surface area contributed by atoms with E-state index in [9.17, 15) is 0 Å². The van der Waals surface area contributed by atoms with Gasteiger partial charge in [-0.2, -0.15) is 30.6 Å². The fourth-order valence-corrected chi connectivity index (χ4v) is 21.0. The summed E-state index contributed by atoms with van der Waals surface area (Å²) in [6.07, 6.45) is 28.2. The second-order valence-electron chi connectivity index (χ2n) is 32.1. The van der Waals surface area contributed by atoms with Crippen LogP contribution in [-0.2, 0) is 32.5 Å². The van der Waals surface area contributed by atoms with Gasteiger partial charge in [0, 0.05) is 66.7 Å². The Morgan fingerprint density at radius 3 is 0.487 bits per heavy atom. The molecule has 18 rings (SSSR count). The molecule has 6 aromatic heterocycles. The molecule has 0 radical (unpaired) electrons. The highest BCUT2D eigenvalue weighted by molar-refractivity contribution is 5.48. The van der Waals surface area contributed by atoms with Crippen LogP contribution in [0.25, 0.3) is 0 Å². The van der Waals surface area contributed by atoms with Crippen molar-refractivity contribution in [2.24, 2.45) is 32.5 Å². The van der Waals surface area contributed by atoms with Crippen molar-refractivity contribution in [2.75, 3.05) is 0 Å². The van der Waals surface area contributed by atoms with Gasteiger partial charge in [0.15, 0.2) is 0 Å². The summed E-state index contributed by atoms with van der Waals surface area (Å²) in [5.74, 6) is 4.45. The maximum atomic E-state index is 4.17. The van der Waals surface area contributed by atoms with Gasteiger partial charge in [0.1, 0.15) is 0 Å². The van der Waals surface area contributed by atoms with Gasteiger partial charge >= 0.3 is 0 Å². The van der Waals surface area contributed by atoms with E-state index >= 15 is 0 Å². The zero-order valence-electron chi connectivity index (χ0n) is 51.1.